The maximum Gasteiger partial charge on any atom is 0.254 e. The summed E-state index contributed by atoms with van der Waals surface area (Å²) in [7, 11) is 0. The number of piperidine rings is 1. The fraction of sp³-hybridized carbons (Fsp3) is 0.562. The molecule has 1 aromatic rings. The average molecular weight is 278 g/mol. The zero-order valence-corrected chi connectivity index (χ0v) is 12.6. The number of nitrogens with two attached hydrogens (primary N) is 1. The van der Waals surface area contributed by atoms with Gasteiger partial charge in [-0.15, -0.1) is 0 Å². The van der Waals surface area contributed by atoms with Gasteiger partial charge < -0.3 is 10.6 Å². The van der Waals surface area contributed by atoms with Crippen LogP contribution in [0.25, 0.3) is 0 Å². The molecular weight excluding hydrogens is 255 g/mol. The molecule has 1 heterocycles. The summed E-state index contributed by atoms with van der Waals surface area (Å²) in [5.41, 5.74) is 6.84. The highest BCUT2D eigenvalue weighted by Gasteiger charge is 2.32. The lowest BCUT2D eigenvalue weighted by molar-refractivity contribution is 0.0455. The van der Waals surface area contributed by atoms with Crippen molar-refractivity contribution in [3.63, 3.8) is 0 Å². The molecule has 0 radical (unpaired) electrons. The van der Waals surface area contributed by atoms with Crippen molar-refractivity contribution in [2.24, 2.45) is 11.8 Å². The minimum atomic E-state index is -0.417. The zero-order chi connectivity index (χ0) is 15.0. The molecule has 3 nitrogen and oxygen atoms in total. The van der Waals surface area contributed by atoms with Gasteiger partial charge in [0.1, 0.15) is 5.82 Å². The van der Waals surface area contributed by atoms with Crippen molar-refractivity contribution in [3.8, 4) is 0 Å². The van der Waals surface area contributed by atoms with Gasteiger partial charge in [0.05, 0.1) is 0 Å². The Labute approximate surface area is 120 Å². The van der Waals surface area contributed by atoms with Crippen LogP contribution in [0.3, 0.4) is 0 Å². The largest absolute Gasteiger partial charge is 0.398 e. The van der Waals surface area contributed by atoms with E-state index >= 15 is 0 Å². The third-order valence-corrected chi connectivity index (χ3v) is 4.49. The van der Waals surface area contributed by atoms with E-state index < -0.39 is 5.82 Å². The molecule has 3 atom stereocenters. The first-order chi connectivity index (χ1) is 9.31. The lowest BCUT2D eigenvalue weighted by Crippen LogP contribution is -2.48. The van der Waals surface area contributed by atoms with Gasteiger partial charge in [0.2, 0.25) is 0 Å². The molecule has 0 bridgehead atoms. The molecule has 1 amide bonds. The molecule has 2 rings (SSSR count). The van der Waals surface area contributed by atoms with Gasteiger partial charge in [-0.25, -0.2) is 4.39 Å². The van der Waals surface area contributed by atoms with Crippen molar-refractivity contribution in [2.75, 3.05) is 12.3 Å². The predicted octanol–water partition coefficient (Wildman–Crippen LogP) is 3.22. The van der Waals surface area contributed by atoms with Gasteiger partial charge in [-0.1, -0.05) is 13.8 Å². The standard InChI is InChI=1S/C16H23FN2O/c1-9-5-10(2)12(4)19(8-9)16(20)13-6-14(17)11(3)15(18)7-13/h6-7,9-10,12H,5,8,18H2,1-4H3. The third-order valence-electron chi connectivity index (χ3n) is 4.49. The fourth-order valence-corrected chi connectivity index (χ4v) is 2.97. The molecule has 0 aromatic heterocycles. The summed E-state index contributed by atoms with van der Waals surface area (Å²) < 4.78 is 13.8. The van der Waals surface area contributed by atoms with E-state index in [-0.39, 0.29) is 11.9 Å². The summed E-state index contributed by atoms with van der Waals surface area (Å²) >= 11 is 0. The zero-order valence-electron chi connectivity index (χ0n) is 12.6. The molecule has 1 aliphatic rings. The smallest absolute Gasteiger partial charge is 0.254 e. The molecule has 2 N–H and O–H groups in total. The summed E-state index contributed by atoms with van der Waals surface area (Å²) in [5, 5.41) is 0. The number of carbonyl (C=O) groups excluding carboxylic acids is 1. The first kappa shape index (κ1) is 14.8. The first-order valence-electron chi connectivity index (χ1n) is 7.17. The van der Waals surface area contributed by atoms with Crippen LogP contribution in [-0.2, 0) is 0 Å². The average Bonchev–Trinajstić information content (AvgIpc) is 2.38. The molecule has 1 fully saturated rings. The van der Waals surface area contributed by atoms with Crippen LogP contribution in [0.1, 0.15) is 43.1 Å². The molecule has 3 unspecified atom stereocenters. The van der Waals surface area contributed by atoms with Gasteiger partial charge in [-0.05, 0) is 44.2 Å². The Morgan fingerprint density at radius 2 is 2.00 bits per heavy atom. The fourth-order valence-electron chi connectivity index (χ4n) is 2.97. The molecule has 1 aromatic carbocycles. The Hall–Kier alpha value is -1.58. The monoisotopic (exact) mass is 278 g/mol. The Bertz CT molecular complexity index is 506. The Kier molecular flexibility index (Phi) is 4.02. The number of carbonyl (C=O) groups is 1. The van der Waals surface area contributed by atoms with Crippen molar-refractivity contribution in [1.82, 2.24) is 4.90 Å². The topological polar surface area (TPSA) is 46.3 Å². The van der Waals surface area contributed by atoms with E-state index in [9.17, 15) is 9.18 Å². The molecule has 4 heteroatoms. The summed E-state index contributed by atoms with van der Waals surface area (Å²) in [4.78, 5) is 14.5. The van der Waals surface area contributed by atoms with Gasteiger partial charge in [0.15, 0.2) is 0 Å². The minimum absolute atomic E-state index is 0.124. The van der Waals surface area contributed by atoms with E-state index in [1.807, 2.05) is 4.90 Å². The van der Waals surface area contributed by atoms with Gasteiger partial charge in [0.25, 0.3) is 5.91 Å². The van der Waals surface area contributed by atoms with Crippen LogP contribution in [0.15, 0.2) is 12.1 Å². The number of anilines is 1. The van der Waals surface area contributed by atoms with Crippen molar-refractivity contribution >= 4 is 11.6 Å². The highest BCUT2D eigenvalue weighted by molar-refractivity contribution is 5.95. The van der Waals surface area contributed by atoms with Gasteiger partial charge in [-0.3, -0.25) is 4.79 Å². The Morgan fingerprint density at radius 1 is 1.35 bits per heavy atom. The van der Waals surface area contributed by atoms with Crippen molar-refractivity contribution in [1.29, 1.82) is 0 Å². The van der Waals surface area contributed by atoms with Gasteiger partial charge >= 0.3 is 0 Å². The van der Waals surface area contributed by atoms with E-state index in [1.165, 1.54) is 6.07 Å². The Morgan fingerprint density at radius 3 is 2.60 bits per heavy atom. The Balaban J connectivity index is 2.31. The molecular formula is C16H23FN2O. The molecule has 1 saturated heterocycles. The number of rotatable bonds is 1. The number of hydrogen-bond acceptors (Lipinski definition) is 2. The summed E-state index contributed by atoms with van der Waals surface area (Å²) in [5.74, 6) is 0.383. The molecule has 0 saturated carbocycles. The second-order valence-electron chi connectivity index (χ2n) is 6.19. The number of amides is 1. The minimum Gasteiger partial charge on any atom is -0.398 e. The second kappa shape index (κ2) is 5.43. The molecule has 20 heavy (non-hydrogen) atoms. The van der Waals surface area contributed by atoms with Gasteiger partial charge in [0, 0.05) is 29.4 Å². The highest BCUT2D eigenvalue weighted by atomic mass is 19.1. The third kappa shape index (κ3) is 2.65. The van der Waals surface area contributed by atoms with E-state index in [4.69, 9.17) is 5.73 Å². The van der Waals surface area contributed by atoms with Crippen LogP contribution in [0.5, 0.6) is 0 Å². The highest BCUT2D eigenvalue weighted by Crippen LogP contribution is 2.29. The number of benzene rings is 1. The van der Waals surface area contributed by atoms with E-state index in [1.54, 1.807) is 13.0 Å². The van der Waals surface area contributed by atoms with Crippen molar-refractivity contribution < 1.29 is 9.18 Å². The molecule has 110 valence electrons. The lowest BCUT2D eigenvalue weighted by Gasteiger charge is -2.41. The van der Waals surface area contributed by atoms with Crippen molar-refractivity contribution in [2.45, 2.75) is 40.2 Å². The maximum absolute atomic E-state index is 13.8. The van der Waals surface area contributed by atoms with E-state index in [0.29, 0.717) is 28.7 Å². The van der Waals surface area contributed by atoms with E-state index in [0.717, 1.165) is 13.0 Å². The van der Waals surface area contributed by atoms with Crippen LogP contribution < -0.4 is 5.73 Å². The number of likely N-dealkylation sites (tertiary alicyclic amines) is 1. The maximum atomic E-state index is 13.8. The normalized spacial score (nSPS) is 26.6. The lowest BCUT2D eigenvalue weighted by atomic mass is 9.85. The number of nitrogens with zero attached hydrogens (tertiary/aromatic N) is 1. The number of nitrogen functional groups attached to an aromatic ring is 1. The predicted molar refractivity (Wildman–Crippen MR) is 79.0 cm³/mol. The van der Waals surface area contributed by atoms with Crippen LogP contribution in [0.2, 0.25) is 0 Å². The molecule has 0 aliphatic carbocycles. The second-order valence-corrected chi connectivity index (χ2v) is 6.19. The van der Waals surface area contributed by atoms with Crippen LogP contribution >= 0.6 is 0 Å². The summed E-state index contributed by atoms with van der Waals surface area (Å²) in [6.07, 6.45) is 1.12. The first-order valence-corrected chi connectivity index (χ1v) is 7.17. The van der Waals surface area contributed by atoms with Crippen LogP contribution in [0, 0.1) is 24.6 Å². The van der Waals surface area contributed by atoms with Gasteiger partial charge in [-0.2, -0.15) is 0 Å². The van der Waals surface area contributed by atoms with E-state index in [2.05, 4.69) is 20.8 Å². The SMILES string of the molecule is Cc1c(N)cc(C(=O)N2CC(C)CC(C)C2C)cc1F. The number of halogens is 1. The molecule has 1 aliphatic heterocycles. The van der Waals surface area contributed by atoms with Crippen LogP contribution in [-0.4, -0.2) is 23.4 Å². The van der Waals surface area contributed by atoms with Crippen molar-refractivity contribution in [3.05, 3.63) is 29.1 Å². The molecule has 0 spiro atoms. The van der Waals surface area contributed by atoms with Crippen LogP contribution in [0.4, 0.5) is 10.1 Å². The summed E-state index contributed by atoms with van der Waals surface area (Å²) in [6, 6.07) is 3.05. The quantitative estimate of drug-likeness (QED) is 0.802. The summed E-state index contributed by atoms with van der Waals surface area (Å²) in [6.45, 7) is 8.70. The number of hydrogen-bond donors (Lipinski definition) is 1.